The summed E-state index contributed by atoms with van der Waals surface area (Å²) in [6, 6.07) is 6.13. The maximum absolute atomic E-state index is 12.0. The first-order valence-electron chi connectivity index (χ1n) is 7.56. The van der Waals surface area contributed by atoms with Gasteiger partial charge in [-0.05, 0) is 32.9 Å². The zero-order chi connectivity index (χ0) is 17.9. The molecule has 8 heteroatoms. The largest absolute Gasteiger partial charge is 0.440 e. The molecule has 24 heavy (non-hydrogen) atoms. The van der Waals surface area contributed by atoms with Gasteiger partial charge in [0, 0.05) is 41.6 Å². The summed E-state index contributed by atoms with van der Waals surface area (Å²) in [6.07, 6.45) is -1.05. The Morgan fingerprint density at radius 2 is 2.12 bits per heavy atom. The highest BCUT2D eigenvalue weighted by molar-refractivity contribution is 5.83. The maximum atomic E-state index is 12.0. The van der Waals surface area contributed by atoms with Crippen molar-refractivity contribution in [3.63, 3.8) is 0 Å². The summed E-state index contributed by atoms with van der Waals surface area (Å²) >= 11 is 0. The van der Waals surface area contributed by atoms with Gasteiger partial charge in [-0.2, -0.15) is 0 Å². The smallest absolute Gasteiger partial charge is 0.408 e. The van der Waals surface area contributed by atoms with E-state index < -0.39 is 22.7 Å². The van der Waals surface area contributed by atoms with Crippen molar-refractivity contribution in [3.05, 3.63) is 40.1 Å². The molecule has 1 atom stereocenters. The van der Waals surface area contributed by atoms with Crippen LogP contribution in [0.5, 0.6) is 0 Å². The fourth-order valence-corrected chi connectivity index (χ4v) is 2.29. The number of nitrogens with one attached hydrogen (secondary N) is 2. The number of nitrogens with zero attached hydrogens (tertiary/aromatic N) is 1. The predicted octanol–water partition coefficient (Wildman–Crippen LogP) is 3.02. The van der Waals surface area contributed by atoms with Crippen LogP contribution < -0.4 is 5.32 Å². The normalized spacial score (nSPS) is 12.8. The van der Waals surface area contributed by atoms with Crippen LogP contribution in [0.4, 0.5) is 10.5 Å². The van der Waals surface area contributed by atoms with Gasteiger partial charge in [0.1, 0.15) is 6.10 Å². The minimum Gasteiger partial charge on any atom is -0.440 e. The van der Waals surface area contributed by atoms with Gasteiger partial charge in [0.2, 0.25) is 0 Å². The van der Waals surface area contributed by atoms with Crippen LogP contribution >= 0.6 is 0 Å². The van der Waals surface area contributed by atoms with Crippen LogP contribution in [0.15, 0.2) is 24.3 Å². The molecule has 0 radical (unpaired) electrons. The SMILES string of the molecule is CC(C)(C)NC(=O)O[C@@H](CCO)c1cc2cc([N+](=O)[O-])ccc2[nH]1. The molecule has 0 saturated heterocycles. The highest BCUT2D eigenvalue weighted by atomic mass is 16.6. The van der Waals surface area contributed by atoms with Crippen molar-refractivity contribution < 1.29 is 19.6 Å². The van der Waals surface area contributed by atoms with Crippen molar-refractivity contribution >= 4 is 22.7 Å². The highest BCUT2D eigenvalue weighted by Crippen LogP contribution is 2.27. The standard InChI is InChI=1S/C16H21N3O5/c1-16(2,3)18-15(21)24-14(6-7-20)13-9-10-8-11(19(22)23)4-5-12(10)17-13/h4-5,8-9,14,17,20H,6-7H2,1-3H3,(H,18,21)/t14-/m0/s1. The molecule has 0 spiro atoms. The van der Waals surface area contributed by atoms with Gasteiger partial charge in [0.25, 0.3) is 5.69 Å². The summed E-state index contributed by atoms with van der Waals surface area (Å²) < 4.78 is 5.39. The second-order valence-corrected chi connectivity index (χ2v) is 6.53. The van der Waals surface area contributed by atoms with Crippen LogP contribution in [0.1, 0.15) is 39.0 Å². The summed E-state index contributed by atoms with van der Waals surface area (Å²) in [4.78, 5) is 25.4. The predicted molar refractivity (Wildman–Crippen MR) is 88.8 cm³/mol. The number of aromatic amines is 1. The summed E-state index contributed by atoms with van der Waals surface area (Å²) in [6.45, 7) is 5.33. The second-order valence-electron chi connectivity index (χ2n) is 6.53. The van der Waals surface area contributed by atoms with E-state index in [2.05, 4.69) is 10.3 Å². The Hall–Kier alpha value is -2.61. The van der Waals surface area contributed by atoms with E-state index in [4.69, 9.17) is 4.74 Å². The number of non-ortho nitro benzene ring substituents is 1. The lowest BCUT2D eigenvalue weighted by Crippen LogP contribution is -2.41. The molecule has 0 bridgehead atoms. The minimum absolute atomic E-state index is 0.0156. The second kappa shape index (κ2) is 6.88. The van der Waals surface area contributed by atoms with Crippen LogP contribution in [0.2, 0.25) is 0 Å². The van der Waals surface area contributed by atoms with E-state index in [1.165, 1.54) is 12.1 Å². The molecule has 0 unspecified atom stereocenters. The molecule has 0 aliphatic rings. The third kappa shape index (κ3) is 4.45. The Labute approximate surface area is 139 Å². The van der Waals surface area contributed by atoms with Crippen LogP contribution in [0.25, 0.3) is 10.9 Å². The summed E-state index contributed by atoms with van der Waals surface area (Å²) in [5.74, 6) is 0. The number of aromatic nitrogens is 1. The highest BCUT2D eigenvalue weighted by Gasteiger charge is 2.22. The molecule has 2 rings (SSSR count). The van der Waals surface area contributed by atoms with Crippen molar-refractivity contribution in [2.24, 2.45) is 0 Å². The van der Waals surface area contributed by atoms with Gasteiger partial charge in [-0.15, -0.1) is 0 Å². The van der Waals surface area contributed by atoms with E-state index >= 15 is 0 Å². The fourth-order valence-electron chi connectivity index (χ4n) is 2.29. The zero-order valence-electron chi connectivity index (χ0n) is 13.8. The number of nitro benzene ring substituents is 1. The number of ether oxygens (including phenoxy) is 1. The molecule has 1 heterocycles. The number of H-pyrrole nitrogens is 1. The van der Waals surface area contributed by atoms with Crippen molar-refractivity contribution in [2.75, 3.05) is 6.61 Å². The quantitative estimate of drug-likeness (QED) is 0.573. The number of nitro groups is 1. The first kappa shape index (κ1) is 17.7. The lowest BCUT2D eigenvalue weighted by molar-refractivity contribution is -0.384. The van der Waals surface area contributed by atoms with E-state index in [1.54, 1.807) is 12.1 Å². The van der Waals surface area contributed by atoms with E-state index in [1.807, 2.05) is 20.8 Å². The van der Waals surface area contributed by atoms with Crippen LogP contribution in [0, 0.1) is 10.1 Å². The van der Waals surface area contributed by atoms with Gasteiger partial charge >= 0.3 is 6.09 Å². The Bertz CT molecular complexity index is 748. The Kier molecular flexibility index (Phi) is 5.08. The molecule has 3 N–H and O–H groups in total. The number of carbonyl (C=O) groups excluding carboxylic acids is 1. The molecule has 1 amide bonds. The van der Waals surface area contributed by atoms with Gasteiger partial charge in [0.05, 0.1) is 10.6 Å². The van der Waals surface area contributed by atoms with E-state index in [-0.39, 0.29) is 18.7 Å². The number of aliphatic hydroxyl groups is 1. The van der Waals surface area contributed by atoms with Crippen LogP contribution in [-0.2, 0) is 4.74 Å². The topological polar surface area (TPSA) is 117 Å². The van der Waals surface area contributed by atoms with Crippen molar-refractivity contribution in [2.45, 2.75) is 38.8 Å². The summed E-state index contributed by atoms with van der Waals surface area (Å²) in [7, 11) is 0. The first-order chi connectivity index (χ1) is 11.2. The molecule has 2 aromatic rings. The molecule has 8 nitrogen and oxygen atoms in total. The number of alkyl carbamates (subject to hydrolysis) is 1. The maximum Gasteiger partial charge on any atom is 0.408 e. The van der Waals surface area contributed by atoms with Gasteiger partial charge < -0.3 is 20.1 Å². The average Bonchev–Trinajstić information content (AvgIpc) is 2.87. The van der Waals surface area contributed by atoms with Crippen LogP contribution in [0.3, 0.4) is 0 Å². The molecular formula is C16H21N3O5. The van der Waals surface area contributed by atoms with Crippen molar-refractivity contribution in [1.29, 1.82) is 0 Å². The lowest BCUT2D eigenvalue weighted by atomic mass is 10.1. The average molecular weight is 335 g/mol. The van der Waals surface area contributed by atoms with Crippen molar-refractivity contribution in [3.8, 4) is 0 Å². The third-order valence-electron chi connectivity index (χ3n) is 3.30. The molecule has 0 fully saturated rings. The first-order valence-corrected chi connectivity index (χ1v) is 7.56. The summed E-state index contributed by atoms with van der Waals surface area (Å²) in [5, 5.41) is 23.4. The van der Waals surface area contributed by atoms with Gasteiger partial charge in [-0.1, -0.05) is 0 Å². The lowest BCUT2D eigenvalue weighted by Gasteiger charge is -2.23. The molecule has 0 aliphatic heterocycles. The third-order valence-corrected chi connectivity index (χ3v) is 3.30. The molecule has 1 aromatic carbocycles. The zero-order valence-corrected chi connectivity index (χ0v) is 13.8. The number of hydrogen-bond donors (Lipinski definition) is 3. The van der Waals surface area contributed by atoms with Gasteiger partial charge in [0.15, 0.2) is 0 Å². The van der Waals surface area contributed by atoms with Gasteiger partial charge in [-0.3, -0.25) is 10.1 Å². The number of hydrogen-bond acceptors (Lipinski definition) is 5. The number of fused-ring (bicyclic) bond motifs is 1. The van der Waals surface area contributed by atoms with Crippen LogP contribution in [-0.4, -0.2) is 33.3 Å². The Morgan fingerprint density at radius 3 is 2.71 bits per heavy atom. The monoisotopic (exact) mass is 335 g/mol. The molecule has 1 aromatic heterocycles. The summed E-state index contributed by atoms with van der Waals surface area (Å²) in [5.41, 5.74) is 0.808. The number of aliphatic hydroxyl groups excluding tert-OH is 1. The van der Waals surface area contributed by atoms with E-state index in [0.717, 1.165) is 0 Å². The number of carbonyl (C=O) groups is 1. The fraction of sp³-hybridized carbons (Fsp3) is 0.438. The molecule has 0 aliphatic carbocycles. The number of rotatable bonds is 5. The number of benzene rings is 1. The number of amides is 1. The minimum atomic E-state index is -0.677. The molecule has 130 valence electrons. The Balaban J connectivity index is 2.25. The molecular weight excluding hydrogens is 314 g/mol. The van der Waals surface area contributed by atoms with E-state index in [9.17, 15) is 20.0 Å². The Morgan fingerprint density at radius 1 is 1.42 bits per heavy atom. The molecule has 0 saturated carbocycles. The van der Waals surface area contributed by atoms with Gasteiger partial charge in [-0.25, -0.2) is 4.79 Å². The van der Waals surface area contributed by atoms with Crippen molar-refractivity contribution in [1.82, 2.24) is 10.3 Å². The van der Waals surface area contributed by atoms with E-state index in [0.29, 0.717) is 16.6 Å².